The number of hydrogen-bond acceptors (Lipinski definition) is 3. The van der Waals surface area contributed by atoms with Gasteiger partial charge in [0.2, 0.25) is 5.91 Å². The number of carboxylic acids is 1. The van der Waals surface area contributed by atoms with Crippen molar-refractivity contribution in [2.75, 3.05) is 20.3 Å². The summed E-state index contributed by atoms with van der Waals surface area (Å²) in [5, 5.41) is 9.17. The van der Waals surface area contributed by atoms with E-state index in [0.29, 0.717) is 31.9 Å². The van der Waals surface area contributed by atoms with E-state index < -0.39 is 12.0 Å². The number of amides is 1. The Morgan fingerprint density at radius 3 is 2.72 bits per heavy atom. The Bertz CT molecular complexity index is 293. The van der Waals surface area contributed by atoms with E-state index in [1.165, 1.54) is 4.90 Å². The Kier molecular flexibility index (Phi) is 6.12. The summed E-state index contributed by atoms with van der Waals surface area (Å²) in [6.45, 7) is 3.25. The second-order valence-electron chi connectivity index (χ2n) is 5.02. The first-order valence-electron chi connectivity index (χ1n) is 6.57. The second kappa shape index (κ2) is 7.36. The van der Waals surface area contributed by atoms with Crippen molar-refractivity contribution in [1.82, 2.24) is 4.90 Å². The van der Waals surface area contributed by atoms with Crippen LogP contribution < -0.4 is 0 Å². The average Bonchev–Trinajstić information content (AvgIpc) is 2.34. The van der Waals surface area contributed by atoms with Gasteiger partial charge in [0.25, 0.3) is 0 Å². The molecule has 0 aromatic heterocycles. The summed E-state index contributed by atoms with van der Waals surface area (Å²) in [4.78, 5) is 24.7. The monoisotopic (exact) mass is 257 g/mol. The van der Waals surface area contributed by atoms with Crippen molar-refractivity contribution in [3.8, 4) is 0 Å². The molecule has 18 heavy (non-hydrogen) atoms. The van der Waals surface area contributed by atoms with Crippen molar-refractivity contribution in [2.45, 2.75) is 45.1 Å². The largest absolute Gasteiger partial charge is 0.480 e. The molecule has 1 heterocycles. The SMILES string of the molecule is COCCCCC(=O)N1CCC(C)CC1C(=O)O. The molecule has 1 fully saturated rings. The predicted octanol–water partition coefficient (Wildman–Crippen LogP) is 1.51. The molecule has 1 N–H and O–H groups in total. The predicted molar refractivity (Wildman–Crippen MR) is 67.3 cm³/mol. The van der Waals surface area contributed by atoms with Crippen LogP contribution in [0.5, 0.6) is 0 Å². The lowest BCUT2D eigenvalue weighted by Crippen LogP contribution is -2.49. The number of rotatable bonds is 6. The number of carbonyl (C=O) groups is 2. The minimum absolute atomic E-state index is 0.0367. The van der Waals surface area contributed by atoms with Crippen LogP contribution in [0.4, 0.5) is 0 Å². The van der Waals surface area contributed by atoms with Gasteiger partial charge in [-0.25, -0.2) is 4.79 Å². The first-order valence-corrected chi connectivity index (χ1v) is 6.57. The van der Waals surface area contributed by atoms with Crippen molar-refractivity contribution in [2.24, 2.45) is 5.92 Å². The van der Waals surface area contributed by atoms with E-state index in [1.807, 2.05) is 6.92 Å². The van der Waals surface area contributed by atoms with Crippen molar-refractivity contribution < 1.29 is 19.4 Å². The van der Waals surface area contributed by atoms with Gasteiger partial charge in [0.05, 0.1) is 0 Å². The highest BCUT2D eigenvalue weighted by atomic mass is 16.5. The third-order valence-corrected chi connectivity index (χ3v) is 3.46. The zero-order valence-corrected chi connectivity index (χ0v) is 11.2. The van der Waals surface area contributed by atoms with E-state index in [0.717, 1.165) is 19.3 Å². The van der Waals surface area contributed by atoms with Crippen LogP contribution in [0.25, 0.3) is 0 Å². The molecule has 0 aromatic carbocycles. The maximum atomic E-state index is 12.0. The van der Waals surface area contributed by atoms with Gasteiger partial charge in [-0.05, 0) is 31.6 Å². The van der Waals surface area contributed by atoms with Gasteiger partial charge in [0.1, 0.15) is 6.04 Å². The molecule has 2 unspecified atom stereocenters. The molecule has 104 valence electrons. The number of hydrogen-bond donors (Lipinski definition) is 1. The molecule has 1 aliphatic rings. The van der Waals surface area contributed by atoms with Gasteiger partial charge in [-0.1, -0.05) is 6.92 Å². The molecule has 0 radical (unpaired) electrons. The summed E-state index contributed by atoms with van der Waals surface area (Å²) in [7, 11) is 1.63. The molecule has 1 aliphatic heterocycles. The molecule has 0 bridgehead atoms. The zero-order valence-electron chi connectivity index (χ0n) is 11.2. The molecule has 2 atom stereocenters. The number of likely N-dealkylation sites (tertiary alicyclic amines) is 1. The van der Waals surface area contributed by atoms with Crippen LogP contribution in [0.2, 0.25) is 0 Å². The Morgan fingerprint density at radius 2 is 2.11 bits per heavy atom. The lowest BCUT2D eigenvalue weighted by molar-refractivity contribution is -0.153. The number of piperidine rings is 1. The molecule has 1 amide bonds. The number of carbonyl (C=O) groups excluding carboxylic acids is 1. The highest BCUT2D eigenvalue weighted by Crippen LogP contribution is 2.23. The average molecular weight is 257 g/mol. The van der Waals surface area contributed by atoms with E-state index in [9.17, 15) is 14.7 Å². The highest BCUT2D eigenvalue weighted by molar-refractivity contribution is 5.83. The van der Waals surface area contributed by atoms with Crippen LogP contribution in [0.3, 0.4) is 0 Å². The summed E-state index contributed by atoms with van der Waals surface area (Å²) < 4.78 is 4.92. The van der Waals surface area contributed by atoms with Crippen LogP contribution in [0, 0.1) is 5.92 Å². The molecule has 1 rings (SSSR count). The van der Waals surface area contributed by atoms with Crippen LogP contribution in [0.15, 0.2) is 0 Å². The third kappa shape index (κ3) is 4.29. The third-order valence-electron chi connectivity index (χ3n) is 3.46. The molecule has 5 heteroatoms. The Morgan fingerprint density at radius 1 is 1.39 bits per heavy atom. The van der Waals surface area contributed by atoms with Crippen LogP contribution in [-0.4, -0.2) is 48.2 Å². The van der Waals surface area contributed by atoms with E-state index >= 15 is 0 Å². The lowest BCUT2D eigenvalue weighted by atomic mass is 9.92. The molecule has 0 aliphatic carbocycles. The number of nitrogens with zero attached hydrogens (tertiary/aromatic N) is 1. The quantitative estimate of drug-likeness (QED) is 0.732. The molecular formula is C13H23NO4. The van der Waals surface area contributed by atoms with Gasteiger partial charge < -0.3 is 14.7 Å². The van der Waals surface area contributed by atoms with Crippen LogP contribution >= 0.6 is 0 Å². The fourth-order valence-corrected chi connectivity index (χ4v) is 2.34. The van der Waals surface area contributed by atoms with E-state index in [4.69, 9.17) is 4.74 Å². The summed E-state index contributed by atoms with van der Waals surface area (Å²) in [5.41, 5.74) is 0. The van der Waals surface area contributed by atoms with Crippen molar-refractivity contribution in [1.29, 1.82) is 0 Å². The van der Waals surface area contributed by atoms with E-state index in [-0.39, 0.29) is 5.91 Å². The highest BCUT2D eigenvalue weighted by Gasteiger charge is 2.34. The van der Waals surface area contributed by atoms with E-state index in [1.54, 1.807) is 7.11 Å². The van der Waals surface area contributed by atoms with Crippen LogP contribution in [-0.2, 0) is 14.3 Å². The second-order valence-corrected chi connectivity index (χ2v) is 5.02. The topological polar surface area (TPSA) is 66.8 Å². The molecule has 0 spiro atoms. The van der Waals surface area contributed by atoms with Crippen LogP contribution in [0.1, 0.15) is 39.0 Å². The Balaban J connectivity index is 2.46. The fourth-order valence-electron chi connectivity index (χ4n) is 2.34. The zero-order chi connectivity index (χ0) is 13.5. The maximum Gasteiger partial charge on any atom is 0.326 e. The normalized spacial score (nSPS) is 24.0. The number of ether oxygens (including phenoxy) is 1. The Hall–Kier alpha value is -1.10. The summed E-state index contributed by atoms with van der Waals surface area (Å²) in [5.74, 6) is -0.541. The van der Waals surface area contributed by atoms with Gasteiger partial charge >= 0.3 is 5.97 Å². The summed E-state index contributed by atoms with van der Waals surface area (Å²) >= 11 is 0. The van der Waals surface area contributed by atoms with Gasteiger partial charge in [-0.3, -0.25) is 4.79 Å². The molecule has 5 nitrogen and oxygen atoms in total. The number of methoxy groups -OCH3 is 1. The smallest absolute Gasteiger partial charge is 0.326 e. The molecular weight excluding hydrogens is 234 g/mol. The van der Waals surface area contributed by atoms with Crippen molar-refractivity contribution in [3.63, 3.8) is 0 Å². The van der Waals surface area contributed by atoms with Crippen molar-refractivity contribution >= 4 is 11.9 Å². The first-order chi connectivity index (χ1) is 8.56. The van der Waals surface area contributed by atoms with E-state index in [2.05, 4.69) is 0 Å². The summed E-state index contributed by atoms with van der Waals surface area (Å²) in [6, 6.07) is -0.635. The molecule has 0 aromatic rings. The summed E-state index contributed by atoms with van der Waals surface area (Å²) in [6.07, 6.45) is 3.48. The van der Waals surface area contributed by atoms with Gasteiger partial charge in [0, 0.05) is 26.7 Å². The minimum Gasteiger partial charge on any atom is -0.480 e. The molecule has 0 saturated carbocycles. The number of aliphatic carboxylic acids is 1. The first kappa shape index (κ1) is 15.0. The van der Waals surface area contributed by atoms with Gasteiger partial charge in [-0.2, -0.15) is 0 Å². The maximum absolute atomic E-state index is 12.0. The molecule has 1 saturated heterocycles. The van der Waals surface area contributed by atoms with Gasteiger partial charge in [-0.15, -0.1) is 0 Å². The minimum atomic E-state index is -0.883. The fraction of sp³-hybridized carbons (Fsp3) is 0.846. The van der Waals surface area contributed by atoms with Crippen molar-refractivity contribution in [3.05, 3.63) is 0 Å². The number of unbranched alkanes of at least 4 members (excludes halogenated alkanes) is 1. The van der Waals surface area contributed by atoms with Gasteiger partial charge in [0.15, 0.2) is 0 Å². The lowest BCUT2D eigenvalue weighted by Gasteiger charge is -2.36. The Labute approximate surface area is 108 Å². The number of carboxylic acid groups (broad SMARTS) is 1. The standard InChI is InChI=1S/C13H23NO4/c1-10-6-7-14(11(9-10)13(16)17)12(15)5-3-4-8-18-2/h10-11H,3-9H2,1-2H3,(H,16,17).